The van der Waals surface area contributed by atoms with Crippen LogP contribution in [0.1, 0.15) is 524 Å². The maximum absolute atomic E-state index is 6.63. The molecule has 0 radical (unpaired) electrons. The first-order chi connectivity index (χ1) is 49.6. The lowest BCUT2D eigenvalue weighted by atomic mass is 9.47. The standard InChI is InChI=1S/3C14H29N.C14H28.C13H27N.2C11H23N.7C2H6.CH4/c1-12(2,3)14(13(4,5)6)10-8-9-11(14)15-7;1-11(2,3)14(12(4,5)6)10-8-9-13(14,7)15;1-12(2,3)14(13(4,5)6)10-8-7-9-11(14)15;1-11-8-9-14(10-11,12(2,3)4)13(5,6)7;1-11(2,3)13(12(4,5)6)9-7-8-10(13)14;1-8(2)11(10(3,4)5)6-9(12)7-11;1-8(2)11(10(3,4)5)7-6-9(11)12;7*1-2;/h11,15H,8-10H2,1-7H3;8-10,15H2,1-7H3;11H,7-10,15H2,1-6H3;11H,8-10H2,1-7H3;10H,7-9,14H2,1-6H3;2*8-9H,6-7,12H2,1-5H3;7*1-2H3;1H4. The van der Waals surface area contributed by atoms with E-state index in [4.69, 9.17) is 28.7 Å². The Bertz CT molecular complexity index is 2220. The molecule has 0 spiro atoms. The number of hydrogen-bond acceptors (Lipinski definition) is 6. The van der Waals surface area contributed by atoms with Crippen molar-refractivity contribution in [3.63, 3.8) is 0 Å². The van der Waals surface area contributed by atoms with E-state index in [1.807, 2.05) is 96.9 Å². The minimum Gasteiger partial charge on any atom is -0.328 e. The highest BCUT2D eigenvalue weighted by atomic mass is 14.9. The molecule has 0 aromatic carbocycles. The predicted octanol–water partition coefficient (Wildman–Crippen LogP) is 33.6. The van der Waals surface area contributed by atoms with Gasteiger partial charge >= 0.3 is 0 Å². The normalized spacial score (nSPS) is 26.9. The van der Waals surface area contributed by atoms with Gasteiger partial charge in [-0.15, -0.1) is 0 Å². The quantitative estimate of drug-likeness (QED) is 0.166. The maximum atomic E-state index is 6.63. The van der Waals surface area contributed by atoms with E-state index in [1.54, 1.807) is 0 Å². The highest BCUT2D eigenvalue weighted by Gasteiger charge is 2.63. The smallest absolute Gasteiger partial charge is 0.0192 e. The van der Waals surface area contributed by atoms with Gasteiger partial charge in [0.25, 0.3) is 0 Å². The third-order valence-electron chi connectivity index (χ3n) is 31.0. The van der Waals surface area contributed by atoms with Crippen molar-refractivity contribution in [3.8, 4) is 0 Å². The summed E-state index contributed by atoms with van der Waals surface area (Å²) in [6, 6.07) is 2.32. The molecule has 7 unspecified atom stereocenters. The fourth-order valence-corrected chi connectivity index (χ4v) is 27.1. The first-order valence-corrected chi connectivity index (χ1v) is 48.1. The molecular weight excluding hydrogens is 1360 g/mol. The Labute approximate surface area is 716 Å². The lowest BCUT2D eigenvalue weighted by molar-refractivity contribution is -0.0798. The summed E-state index contributed by atoms with van der Waals surface area (Å²) in [6.45, 7) is 127. The molecule has 6 heteroatoms. The fourth-order valence-electron chi connectivity index (χ4n) is 27.1. The van der Waals surface area contributed by atoms with Gasteiger partial charge in [0.15, 0.2) is 0 Å². The van der Waals surface area contributed by atoms with Crippen molar-refractivity contribution < 1.29 is 0 Å². The zero-order chi connectivity index (χ0) is 91.5. The summed E-state index contributed by atoms with van der Waals surface area (Å²) in [5, 5.41) is 3.57. The van der Waals surface area contributed by atoms with E-state index in [0.717, 1.165) is 11.8 Å². The molecule has 0 aromatic rings. The summed E-state index contributed by atoms with van der Waals surface area (Å²) in [5.41, 5.74) is 38.4. The zero-order valence-corrected chi connectivity index (χ0v) is 89.1. The van der Waals surface area contributed by atoms with Gasteiger partial charge in [0, 0.05) is 35.7 Å². The maximum Gasteiger partial charge on any atom is 0.0192 e. The molecule has 0 heterocycles. The van der Waals surface area contributed by atoms with E-state index in [9.17, 15) is 0 Å². The molecule has 11 N–H and O–H groups in total. The number of nitrogens with one attached hydrogen (secondary N) is 1. The van der Waals surface area contributed by atoms with Gasteiger partial charge in [-0.1, -0.05) is 427 Å². The summed E-state index contributed by atoms with van der Waals surface area (Å²) < 4.78 is 0. The third kappa shape index (κ3) is 29.0. The van der Waals surface area contributed by atoms with Crippen molar-refractivity contribution in [2.75, 3.05) is 7.05 Å². The van der Waals surface area contributed by atoms with Crippen LogP contribution in [-0.2, 0) is 0 Å². The first-order valence-electron chi connectivity index (χ1n) is 48.1. The summed E-state index contributed by atoms with van der Waals surface area (Å²) in [6.07, 6.45) is 26.0. The minimum absolute atomic E-state index is 0. The van der Waals surface area contributed by atoms with E-state index < -0.39 is 0 Å². The molecule has 6 nitrogen and oxygen atoms in total. The molecule has 7 fully saturated rings. The van der Waals surface area contributed by atoms with Gasteiger partial charge in [-0.3, -0.25) is 0 Å². The van der Waals surface area contributed by atoms with Gasteiger partial charge in [-0.05, 0) is 225 Å². The van der Waals surface area contributed by atoms with Crippen LogP contribution in [0.4, 0.5) is 0 Å². The Kier molecular flexibility index (Phi) is 55.9. The second kappa shape index (κ2) is 49.2. The van der Waals surface area contributed by atoms with Crippen LogP contribution in [0.3, 0.4) is 0 Å². The SMILES string of the molecule is C.CC.CC.CC.CC.CC.CC.CC.CC(C)(C)C1(C(C)(C)C)CCCC1(C)N.CC(C)(C)C1(C(C)(C)C)CCCC1N.CC(C)(C)C1(C(C)(C)C)CCCCC1N.CC(C)C1(C(C)(C)C)CC(N)C1.CC(C)C1(C(C)(C)C)CCC1N.CC1CCC(C(C)(C)C)(C(C)(C)C)C1.CNC1CCCC1(C(C)(C)C)C(C)(C)C. The number of hydrogen-bond donors (Lipinski definition) is 6. The molecule has 7 aliphatic carbocycles. The van der Waals surface area contributed by atoms with Crippen LogP contribution in [0, 0.1) is 121 Å². The topological polar surface area (TPSA) is 142 Å². The summed E-state index contributed by atoms with van der Waals surface area (Å²) in [7, 11) is 2.13. The van der Waals surface area contributed by atoms with Crippen molar-refractivity contribution in [1.82, 2.24) is 5.32 Å². The monoisotopic (exact) mass is 1590 g/mol. The number of rotatable bonds is 3. The van der Waals surface area contributed by atoms with Crippen molar-refractivity contribution in [3.05, 3.63) is 0 Å². The van der Waals surface area contributed by atoms with Crippen LogP contribution in [0.25, 0.3) is 0 Å². The van der Waals surface area contributed by atoms with Crippen molar-refractivity contribution in [2.45, 2.75) is 559 Å². The van der Waals surface area contributed by atoms with Crippen LogP contribution < -0.4 is 34.0 Å². The Morgan fingerprint density at radius 2 is 0.616 bits per heavy atom. The molecule has 0 saturated heterocycles. The first kappa shape index (κ1) is 127. The van der Waals surface area contributed by atoms with Crippen molar-refractivity contribution in [2.24, 2.45) is 149 Å². The lowest BCUT2D eigenvalue weighted by Crippen LogP contribution is -2.61. The molecule has 0 bridgehead atoms. The Hall–Kier alpha value is -0.240. The minimum atomic E-state index is -0.0243. The summed E-state index contributed by atoms with van der Waals surface area (Å²) in [4.78, 5) is 0. The van der Waals surface area contributed by atoms with E-state index in [0.29, 0.717) is 117 Å². The van der Waals surface area contributed by atoms with Gasteiger partial charge in [0.1, 0.15) is 0 Å². The van der Waals surface area contributed by atoms with Crippen LogP contribution in [-0.4, -0.2) is 42.8 Å². The zero-order valence-electron chi connectivity index (χ0n) is 89.1. The molecule has 7 atom stereocenters. The fraction of sp³-hybridized carbons (Fsp3) is 1.00. The largest absolute Gasteiger partial charge is 0.328 e. The van der Waals surface area contributed by atoms with Crippen LogP contribution in [0.15, 0.2) is 0 Å². The van der Waals surface area contributed by atoms with Crippen molar-refractivity contribution >= 4 is 0 Å². The van der Waals surface area contributed by atoms with Crippen LogP contribution in [0.2, 0.25) is 0 Å². The third-order valence-corrected chi connectivity index (χ3v) is 31.0. The molecule has 688 valence electrons. The summed E-state index contributed by atoms with van der Waals surface area (Å²) in [5.74, 6) is 2.40. The Morgan fingerprint density at radius 1 is 0.304 bits per heavy atom. The van der Waals surface area contributed by atoms with Crippen LogP contribution >= 0.6 is 0 Å². The molecule has 0 amide bonds. The van der Waals surface area contributed by atoms with Gasteiger partial charge < -0.3 is 34.0 Å². The van der Waals surface area contributed by atoms with E-state index >= 15 is 0 Å². The van der Waals surface area contributed by atoms with E-state index in [-0.39, 0.29) is 34.6 Å². The lowest BCUT2D eigenvalue weighted by Gasteiger charge is -2.59. The highest BCUT2D eigenvalue weighted by molar-refractivity contribution is 5.16. The molecule has 7 saturated carbocycles. The average Bonchev–Trinajstić information content (AvgIpc) is 1.44. The number of nitrogens with two attached hydrogens (primary N) is 5. The van der Waals surface area contributed by atoms with Gasteiger partial charge in [0.05, 0.1) is 0 Å². The van der Waals surface area contributed by atoms with Gasteiger partial charge in [-0.2, -0.15) is 0 Å². The molecule has 0 aliphatic heterocycles. The summed E-state index contributed by atoms with van der Waals surface area (Å²) >= 11 is 0. The van der Waals surface area contributed by atoms with Crippen LogP contribution in [0.5, 0.6) is 0 Å². The van der Waals surface area contributed by atoms with Gasteiger partial charge in [-0.25, -0.2) is 0 Å². The molecule has 0 aromatic heterocycles. The van der Waals surface area contributed by atoms with Gasteiger partial charge in [0.2, 0.25) is 0 Å². The average molecular weight is 1590 g/mol. The molecule has 7 rings (SSSR count). The Balaban J connectivity index is -0.000000183. The second-order valence-electron chi connectivity index (χ2n) is 47.9. The highest BCUT2D eigenvalue weighted by Crippen LogP contribution is 2.67. The Morgan fingerprint density at radius 3 is 0.750 bits per heavy atom. The molecule has 7 aliphatic rings. The van der Waals surface area contributed by atoms with E-state index in [1.165, 1.54) is 128 Å². The predicted molar refractivity (Wildman–Crippen MR) is 525 cm³/mol. The molecular formula is C106H234N6. The van der Waals surface area contributed by atoms with Crippen molar-refractivity contribution in [1.29, 1.82) is 0 Å². The molecule has 112 heavy (non-hydrogen) atoms. The van der Waals surface area contributed by atoms with E-state index in [2.05, 4.69) is 303 Å². The second-order valence-corrected chi connectivity index (χ2v) is 47.9.